The molecule has 4 aromatic rings. The third-order valence-electron chi connectivity index (χ3n) is 5.05. The molecule has 0 unspecified atom stereocenters. The van der Waals surface area contributed by atoms with Crippen LogP contribution in [0.3, 0.4) is 0 Å². The number of aromatic nitrogens is 4. The van der Waals surface area contributed by atoms with E-state index >= 15 is 0 Å². The van der Waals surface area contributed by atoms with Crippen LogP contribution >= 0.6 is 12.4 Å². The van der Waals surface area contributed by atoms with Gasteiger partial charge in [0.25, 0.3) is 11.1 Å². The highest BCUT2D eigenvalue weighted by Crippen LogP contribution is 2.32. The Bertz CT molecular complexity index is 1380. The van der Waals surface area contributed by atoms with Gasteiger partial charge in [-0.1, -0.05) is 30.3 Å². The van der Waals surface area contributed by atoms with Gasteiger partial charge in [-0.2, -0.15) is 8.42 Å². The minimum Gasteiger partial charge on any atom is -0.379 e. The molecule has 2 heterocycles. The largest absolute Gasteiger partial charge is 0.379 e. The highest BCUT2D eigenvalue weighted by atomic mass is 35.5. The van der Waals surface area contributed by atoms with Crippen molar-refractivity contribution in [1.29, 1.82) is 0 Å². The van der Waals surface area contributed by atoms with Crippen LogP contribution in [0.25, 0.3) is 0 Å². The molecule has 4 rings (SSSR count). The highest BCUT2D eigenvalue weighted by Gasteiger charge is 2.28. The fourth-order valence-corrected chi connectivity index (χ4v) is 4.51. The number of hydrogen-bond donors (Lipinski definition) is 4. The number of aryl methyl sites for hydroxylation is 2. The van der Waals surface area contributed by atoms with Crippen LogP contribution in [0.15, 0.2) is 69.1 Å². The summed E-state index contributed by atoms with van der Waals surface area (Å²) in [5, 5.41) is 10.7. The summed E-state index contributed by atoms with van der Waals surface area (Å²) in [7, 11) is -3.98. The first kappa shape index (κ1) is 23.2. The van der Waals surface area contributed by atoms with E-state index in [1.165, 1.54) is 24.3 Å². The van der Waals surface area contributed by atoms with Crippen LogP contribution in [0.4, 0.5) is 0 Å². The van der Waals surface area contributed by atoms with Crippen molar-refractivity contribution in [3.8, 4) is 5.75 Å². The van der Waals surface area contributed by atoms with Crippen LogP contribution in [0.5, 0.6) is 5.75 Å². The summed E-state index contributed by atoms with van der Waals surface area (Å²) in [6, 6.07) is 14.1. The number of H-pyrrole nitrogens is 4. The molecule has 168 valence electrons. The third-order valence-corrected chi connectivity index (χ3v) is 6.31. The number of hydrogen-bond acceptors (Lipinski definition) is 5. The van der Waals surface area contributed by atoms with Crippen molar-refractivity contribution in [1.82, 2.24) is 20.4 Å². The van der Waals surface area contributed by atoms with Crippen molar-refractivity contribution < 1.29 is 12.6 Å². The van der Waals surface area contributed by atoms with E-state index in [4.69, 9.17) is 4.18 Å². The molecule has 2 aromatic heterocycles. The average molecular weight is 477 g/mol. The van der Waals surface area contributed by atoms with E-state index in [2.05, 4.69) is 20.4 Å². The van der Waals surface area contributed by atoms with E-state index in [9.17, 15) is 18.0 Å². The van der Waals surface area contributed by atoms with Crippen molar-refractivity contribution in [3.63, 3.8) is 0 Å². The molecule has 11 heteroatoms. The molecule has 0 saturated heterocycles. The Kier molecular flexibility index (Phi) is 6.47. The quantitative estimate of drug-likeness (QED) is 0.317. The van der Waals surface area contributed by atoms with Crippen LogP contribution in [0, 0.1) is 13.8 Å². The second kappa shape index (κ2) is 8.93. The second-order valence-electron chi connectivity index (χ2n) is 7.09. The molecule has 0 amide bonds. The van der Waals surface area contributed by atoms with Gasteiger partial charge < -0.3 is 14.4 Å². The maximum Gasteiger partial charge on any atom is 0.339 e. The standard InChI is InChI=1S/C21H20N4O5S.ClH/c1-12-17(20(26)24-22-12)19(18-13(2)23-25-21(18)27)14-8-10-15(11-9-14)30-31(28,29)16-6-4-3-5-7-16;/h3-11,19H,1-2H3,(H2,22,24,26)(H2,23,25,27);1H. The molecule has 0 fully saturated rings. The van der Waals surface area contributed by atoms with Crippen LogP contribution in [-0.4, -0.2) is 28.8 Å². The monoisotopic (exact) mass is 476 g/mol. The molecule has 0 spiro atoms. The Morgan fingerprint density at radius 3 is 1.69 bits per heavy atom. The molecular formula is C21H21ClN4O5S. The van der Waals surface area contributed by atoms with Gasteiger partial charge in [0.2, 0.25) is 0 Å². The second-order valence-corrected chi connectivity index (χ2v) is 8.63. The van der Waals surface area contributed by atoms with Crippen LogP contribution in [0.1, 0.15) is 34.0 Å². The lowest BCUT2D eigenvalue weighted by Crippen LogP contribution is -2.20. The number of aromatic amines is 4. The van der Waals surface area contributed by atoms with E-state index in [0.717, 1.165) is 0 Å². The lowest BCUT2D eigenvalue weighted by atomic mass is 9.85. The van der Waals surface area contributed by atoms with E-state index in [-0.39, 0.29) is 34.2 Å². The highest BCUT2D eigenvalue weighted by molar-refractivity contribution is 7.87. The Hall–Kier alpha value is -3.50. The molecule has 0 saturated carbocycles. The minimum atomic E-state index is -3.98. The number of halogens is 1. The number of rotatable bonds is 6. The van der Waals surface area contributed by atoms with E-state index in [0.29, 0.717) is 28.1 Å². The maximum atomic E-state index is 12.5. The van der Waals surface area contributed by atoms with Crippen molar-refractivity contribution in [2.45, 2.75) is 24.7 Å². The van der Waals surface area contributed by atoms with Gasteiger partial charge in [-0.3, -0.25) is 19.8 Å². The maximum absolute atomic E-state index is 12.5. The van der Waals surface area contributed by atoms with E-state index in [1.807, 2.05) is 0 Å². The van der Waals surface area contributed by atoms with Gasteiger partial charge >= 0.3 is 10.1 Å². The molecule has 0 aliphatic rings. The molecule has 0 radical (unpaired) electrons. The van der Waals surface area contributed by atoms with Crippen molar-refractivity contribution in [3.05, 3.63) is 103 Å². The Balaban J connectivity index is 0.00000289. The molecule has 0 bridgehead atoms. The van der Waals surface area contributed by atoms with E-state index < -0.39 is 16.0 Å². The fourth-order valence-electron chi connectivity index (χ4n) is 3.56. The Labute approximate surface area is 189 Å². The van der Waals surface area contributed by atoms with Gasteiger partial charge in [0.05, 0.1) is 11.1 Å². The smallest absolute Gasteiger partial charge is 0.339 e. The third kappa shape index (κ3) is 4.27. The molecule has 32 heavy (non-hydrogen) atoms. The molecule has 0 atom stereocenters. The topological polar surface area (TPSA) is 141 Å². The predicted molar refractivity (Wildman–Crippen MR) is 121 cm³/mol. The van der Waals surface area contributed by atoms with Crippen molar-refractivity contribution in [2.24, 2.45) is 0 Å². The SMILES string of the molecule is Cc1[nH][nH]c(=O)c1C(c1ccc(OS(=O)(=O)c2ccccc2)cc1)c1c(C)[nH][nH]c1=O.Cl. The molecule has 9 nitrogen and oxygen atoms in total. The van der Waals surface area contributed by atoms with Gasteiger partial charge in [0.15, 0.2) is 0 Å². The normalized spacial score (nSPS) is 11.3. The molecule has 4 N–H and O–H groups in total. The van der Waals surface area contributed by atoms with E-state index in [1.54, 1.807) is 44.2 Å². The lowest BCUT2D eigenvalue weighted by Gasteiger charge is -2.16. The van der Waals surface area contributed by atoms with Crippen molar-refractivity contribution >= 4 is 22.5 Å². The zero-order chi connectivity index (χ0) is 22.2. The molecule has 0 aliphatic carbocycles. The number of benzene rings is 2. The first-order valence-electron chi connectivity index (χ1n) is 9.41. The zero-order valence-electron chi connectivity index (χ0n) is 17.1. The van der Waals surface area contributed by atoms with Crippen molar-refractivity contribution in [2.75, 3.05) is 0 Å². The lowest BCUT2D eigenvalue weighted by molar-refractivity contribution is 0.486. The van der Waals surface area contributed by atoms with Gasteiger partial charge in [-0.05, 0) is 43.7 Å². The van der Waals surface area contributed by atoms with Gasteiger partial charge in [0, 0.05) is 17.3 Å². The van der Waals surface area contributed by atoms with Gasteiger partial charge in [-0.25, -0.2) is 0 Å². The first-order valence-corrected chi connectivity index (χ1v) is 10.8. The van der Waals surface area contributed by atoms with Gasteiger partial charge in [0.1, 0.15) is 10.6 Å². The summed E-state index contributed by atoms with van der Waals surface area (Å²) in [5.74, 6) is -0.546. The summed E-state index contributed by atoms with van der Waals surface area (Å²) in [6.07, 6.45) is 0. The fraction of sp³-hybridized carbons (Fsp3) is 0.143. The van der Waals surface area contributed by atoms with Crippen LogP contribution in [-0.2, 0) is 10.1 Å². The average Bonchev–Trinajstić information content (AvgIpc) is 3.26. The summed E-state index contributed by atoms with van der Waals surface area (Å²) in [6.45, 7) is 3.47. The zero-order valence-corrected chi connectivity index (χ0v) is 18.8. The Morgan fingerprint density at radius 2 is 1.25 bits per heavy atom. The summed E-state index contributed by atoms with van der Waals surface area (Å²) in [5.41, 5.74) is 1.95. The molecule has 2 aromatic carbocycles. The minimum absolute atomic E-state index is 0. The van der Waals surface area contributed by atoms with Gasteiger partial charge in [-0.15, -0.1) is 12.4 Å². The molecule has 0 aliphatic heterocycles. The summed E-state index contributed by atoms with van der Waals surface area (Å²) in [4.78, 5) is 25.0. The van der Waals surface area contributed by atoms with Crippen LogP contribution < -0.4 is 15.3 Å². The Morgan fingerprint density at radius 1 is 0.750 bits per heavy atom. The first-order chi connectivity index (χ1) is 14.8. The number of nitrogens with one attached hydrogen (secondary N) is 4. The summed E-state index contributed by atoms with van der Waals surface area (Å²) < 4.78 is 30.1. The predicted octanol–water partition coefficient (Wildman–Crippen LogP) is 2.71. The molecular weight excluding hydrogens is 456 g/mol. The van der Waals surface area contributed by atoms with Crippen LogP contribution in [0.2, 0.25) is 0 Å². The summed E-state index contributed by atoms with van der Waals surface area (Å²) >= 11 is 0.